The van der Waals surface area contributed by atoms with Crippen LogP contribution in [0.3, 0.4) is 0 Å². The number of unbranched alkanes of at least 4 members (excludes halogenated alkanes) is 8. The molecule has 94 heavy (non-hydrogen) atoms. The van der Waals surface area contributed by atoms with Crippen molar-refractivity contribution in [3.05, 3.63) is 205 Å². The van der Waals surface area contributed by atoms with Crippen LogP contribution >= 0.6 is 0 Å². The zero-order chi connectivity index (χ0) is 66.5. The third-order valence-electron chi connectivity index (χ3n) is 15.6. The number of hydrogen-bond donors (Lipinski definition) is 3. The van der Waals surface area contributed by atoms with Gasteiger partial charge in [-0.1, -0.05) is 199 Å². The number of alkyl carbamates (subject to hydrolysis) is 2. The number of nitrogens with zero attached hydrogens (tertiary/aromatic N) is 5. The lowest BCUT2D eigenvalue weighted by atomic mass is 9.96. The monoisotopic (exact) mass is 1270 g/mol. The van der Waals surface area contributed by atoms with Crippen LogP contribution in [0.15, 0.2) is 183 Å². The van der Waals surface area contributed by atoms with Crippen molar-refractivity contribution in [1.82, 2.24) is 35.5 Å². The van der Waals surface area contributed by atoms with Gasteiger partial charge in [0.15, 0.2) is 11.6 Å². The van der Waals surface area contributed by atoms with Crippen LogP contribution in [-0.4, -0.2) is 104 Å². The predicted octanol–water partition coefficient (Wildman–Crippen LogP) is 14.9. The number of carbonyl (C=O) groups excluding carboxylic acids is 4. The van der Waals surface area contributed by atoms with Gasteiger partial charge >= 0.3 is 24.1 Å². The van der Waals surface area contributed by atoms with Crippen LogP contribution in [0, 0.1) is 5.92 Å². The second-order valence-electron chi connectivity index (χ2n) is 24.3. The highest BCUT2D eigenvalue weighted by Gasteiger charge is 2.41. The number of ether oxygens (including phenoxy) is 5. The molecule has 0 bridgehead atoms. The van der Waals surface area contributed by atoms with Crippen molar-refractivity contribution in [2.75, 3.05) is 26.3 Å². The zero-order valence-corrected chi connectivity index (χ0v) is 54.5. The van der Waals surface area contributed by atoms with Crippen LogP contribution in [0.2, 0.25) is 0 Å². The maximum Gasteiger partial charge on any atom is 0.408 e. The largest absolute Gasteiger partial charge is 0.494 e. The molecule has 3 amide bonds. The first kappa shape index (κ1) is 69.9. The van der Waals surface area contributed by atoms with Crippen molar-refractivity contribution in [3.8, 4) is 56.5 Å². The molecule has 2 aromatic heterocycles. The molecule has 18 heteroatoms. The van der Waals surface area contributed by atoms with Crippen molar-refractivity contribution >= 4 is 30.0 Å². The van der Waals surface area contributed by atoms with E-state index in [1.165, 1.54) is 51.4 Å². The third-order valence-corrected chi connectivity index (χ3v) is 15.6. The number of carboxylic acid groups (broad SMARTS) is 1. The molecule has 6 aromatic carbocycles. The van der Waals surface area contributed by atoms with E-state index in [1.807, 2.05) is 178 Å². The molecule has 0 saturated carbocycles. The Labute approximate surface area is 551 Å². The van der Waals surface area contributed by atoms with Crippen molar-refractivity contribution in [3.63, 3.8) is 0 Å². The molecular weight excluding hydrogens is 1190 g/mol. The lowest BCUT2D eigenvalue weighted by Crippen LogP contribution is -2.59. The van der Waals surface area contributed by atoms with Gasteiger partial charge in [-0.05, 0) is 91.3 Å². The molecule has 8 aromatic rings. The SMILES string of the molecule is CCCCCCCOc1ccc(-c2cnc(-c3ccc(C[C@H](NC(=O)OCc4ccccc4)C(=O)N4CC(C(=O)OC(C)(C)C)C4)cc3)nc2)cc1.CCCCCCCOc1ccc(-c2cnc(-c3ccc(C[C@H](NC(=O)OCc4ccccc4)C(=O)O)cc3)nc2)cc1. The molecule has 0 spiro atoms. The van der Waals surface area contributed by atoms with Crippen LogP contribution in [0.1, 0.15) is 121 Å². The van der Waals surface area contributed by atoms with E-state index in [9.17, 15) is 29.1 Å². The Bertz CT molecular complexity index is 3600. The fourth-order valence-corrected chi connectivity index (χ4v) is 10.2. The predicted molar refractivity (Wildman–Crippen MR) is 362 cm³/mol. The number of amides is 3. The van der Waals surface area contributed by atoms with Gasteiger partial charge in [-0.2, -0.15) is 0 Å². The van der Waals surface area contributed by atoms with Gasteiger partial charge in [0.25, 0.3) is 0 Å². The maximum absolute atomic E-state index is 13.6. The number of aromatic nitrogens is 4. The van der Waals surface area contributed by atoms with Crippen molar-refractivity contribution in [2.45, 2.75) is 143 Å². The summed E-state index contributed by atoms with van der Waals surface area (Å²) in [6.07, 6.45) is 18.1. The molecule has 0 aliphatic carbocycles. The summed E-state index contributed by atoms with van der Waals surface area (Å²) in [6.45, 7) is 11.9. The van der Waals surface area contributed by atoms with E-state index in [-0.39, 0.29) is 51.0 Å². The van der Waals surface area contributed by atoms with E-state index < -0.39 is 41.8 Å². The lowest BCUT2D eigenvalue weighted by molar-refractivity contribution is -0.168. The Morgan fingerprint density at radius 1 is 0.479 bits per heavy atom. The average molecular weight is 1270 g/mol. The molecular formula is C76H87N7O11. The first-order valence-electron chi connectivity index (χ1n) is 32.6. The van der Waals surface area contributed by atoms with Crippen LogP contribution in [0.4, 0.5) is 9.59 Å². The summed E-state index contributed by atoms with van der Waals surface area (Å²) in [5.74, 6) is 0.681. The maximum atomic E-state index is 13.6. The number of nitrogens with one attached hydrogen (secondary N) is 2. The van der Waals surface area contributed by atoms with E-state index >= 15 is 0 Å². The number of rotatable bonds is 31. The highest BCUT2D eigenvalue weighted by Crippen LogP contribution is 2.28. The summed E-state index contributed by atoms with van der Waals surface area (Å²) in [7, 11) is 0. The van der Waals surface area contributed by atoms with Gasteiger partial charge in [-0.15, -0.1) is 0 Å². The molecule has 18 nitrogen and oxygen atoms in total. The highest BCUT2D eigenvalue weighted by molar-refractivity contribution is 5.88. The number of carboxylic acids is 1. The number of carbonyl (C=O) groups is 5. The van der Waals surface area contributed by atoms with E-state index in [2.05, 4.69) is 44.4 Å². The molecule has 2 atom stereocenters. The minimum Gasteiger partial charge on any atom is -0.494 e. The number of benzene rings is 6. The Morgan fingerprint density at radius 3 is 1.26 bits per heavy atom. The topological polar surface area (TPSA) is 231 Å². The summed E-state index contributed by atoms with van der Waals surface area (Å²) >= 11 is 0. The average Bonchev–Trinajstić information content (AvgIpc) is 0.831. The first-order chi connectivity index (χ1) is 45.6. The van der Waals surface area contributed by atoms with Gasteiger partial charge in [-0.25, -0.2) is 34.3 Å². The summed E-state index contributed by atoms with van der Waals surface area (Å²) in [4.78, 5) is 82.7. The standard InChI is InChI=1S/C42H50N4O6.C34H37N3O5/c1-5-6-7-8-12-23-50-36-21-19-32(20-22-36)34-25-43-38(44-26-34)33-17-15-30(16-18-33)24-37(45-41(49)51-29-31-13-10-9-11-14-31)39(47)46-27-35(28-46)40(48)52-42(2,3)4;1-2-3-4-5-9-20-41-30-18-16-27(17-19-30)29-22-35-32(36-23-29)28-14-12-25(13-15-28)21-31(33(38)39)37-34(40)42-24-26-10-7-6-8-11-26/h9-11,13-22,25-26,35,37H,5-8,12,23-24,27-29H2,1-4H3,(H,45,49);6-8,10-19,22-23,31H,2-5,9,20-21,24H2,1H3,(H,37,40)(H,38,39)/t37-;31-/m00/s1. The quantitative estimate of drug-likeness (QED) is 0.0208. The minimum absolute atomic E-state index is 0.0610. The summed E-state index contributed by atoms with van der Waals surface area (Å²) in [5, 5.41) is 14.8. The third kappa shape index (κ3) is 23.0. The first-order valence-corrected chi connectivity index (χ1v) is 32.6. The molecule has 3 N–H and O–H groups in total. The number of hydrogen-bond acceptors (Lipinski definition) is 14. The van der Waals surface area contributed by atoms with E-state index in [4.69, 9.17) is 23.7 Å². The van der Waals surface area contributed by atoms with Crippen LogP contribution in [0.25, 0.3) is 45.0 Å². The molecule has 492 valence electrons. The molecule has 1 aliphatic rings. The highest BCUT2D eigenvalue weighted by atomic mass is 16.6. The van der Waals surface area contributed by atoms with Crippen molar-refractivity contribution in [1.29, 1.82) is 0 Å². The molecule has 0 unspecified atom stereocenters. The lowest BCUT2D eigenvalue weighted by Gasteiger charge is -2.40. The molecule has 1 saturated heterocycles. The van der Waals surface area contributed by atoms with Gasteiger partial charge in [0.2, 0.25) is 5.91 Å². The zero-order valence-electron chi connectivity index (χ0n) is 54.5. The Kier molecular flexibility index (Phi) is 27.0. The van der Waals surface area contributed by atoms with Gasteiger partial charge in [0.05, 0.1) is 19.1 Å². The summed E-state index contributed by atoms with van der Waals surface area (Å²) in [5.41, 5.74) is 8.04. The molecule has 0 radical (unpaired) electrons. The smallest absolute Gasteiger partial charge is 0.408 e. The van der Waals surface area contributed by atoms with Crippen molar-refractivity contribution in [2.24, 2.45) is 5.92 Å². The van der Waals surface area contributed by atoms with E-state index in [1.54, 1.807) is 29.7 Å². The molecule has 1 aliphatic heterocycles. The minimum atomic E-state index is -1.14. The normalized spacial score (nSPS) is 12.6. The van der Waals surface area contributed by atoms with Crippen LogP contribution < -0.4 is 20.1 Å². The van der Waals surface area contributed by atoms with E-state index in [0.717, 1.165) is 93.2 Å². The fraction of sp³-hybridized carbons (Fsp3) is 0.355. The summed E-state index contributed by atoms with van der Waals surface area (Å²) < 4.78 is 27.8. The molecule has 3 heterocycles. The van der Waals surface area contributed by atoms with Crippen molar-refractivity contribution < 1.29 is 52.8 Å². The van der Waals surface area contributed by atoms with Gasteiger partial charge in [0.1, 0.15) is 42.4 Å². The summed E-state index contributed by atoms with van der Waals surface area (Å²) in [6, 6.07) is 47.3. The number of esters is 1. The Hall–Kier alpha value is -9.97. The van der Waals surface area contributed by atoms with Gasteiger partial charge in [0, 0.05) is 73.0 Å². The number of likely N-dealkylation sites (tertiary alicyclic amines) is 1. The Morgan fingerprint density at radius 2 is 0.862 bits per heavy atom. The van der Waals surface area contributed by atoms with Crippen LogP contribution in [-0.2, 0) is 54.6 Å². The van der Waals surface area contributed by atoms with Gasteiger partial charge in [-0.3, -0.25) is 9.59 Å². The molecule has 1 fully saturated rings. The fourth-order valence-electron chi connectivity index (χ4n) is 10.2. The molecule has 9 rings (SSSR count). The number of aliphatic carboxylic acids is 1. The Balaban J connectivity index is 0.000000247. The van der Waals surface area contributed by atoms with Crippen LogP contribution in [0.5, 0.6) is 11.5 Å². The van der Waals surface area contributed by atoms with Gasteiger partial charge < -0.3 is 44.3 Å². The second-order valence-corrected chi connectivity index (χ2v) is 24.3. The van der Waals surface area contributed by atoms with E-state index in [0.29, 0.717) is 11.6 Å². The second kappa shape index (κ2) is 36.3.